The third-order valence-electron chi connectivity index (χ3n) is 3.82. The van der Waals surface area contributed by atoms with Gasteiger partial charge in [-0.05, 0) is 34.1 Å². The molecule has 3 N–H and O–H groups in total. The Morgan fingerprint density at radius 3 is 2.62 bits per heavy atom. The fraction of sp³-hybridized carbons (Fsp3) is 0.733. The standard InChI is InChI=1S/C15H28N4O2/c1-6-10(2)17-15(21)12(4)16-9-14-11(3)18-19(7-8-20)13(14)5/h10,12,16,20H,6-9H2,1-5H3,(H,17,21). The molecule has 1 aromatic heterocycles. The summed E-state index contributed by atoms with van der Waals surface area (Å²) in [5.74, 6) is 0.0161. The van der Waals surface area contributed by atoms with Crippen LogP contribution in [-0.4, -0.2) is 39.5 Å². The summed E-state index contributed by atoms with van der Waals surface area (Å²) in [6, 6.07) is -0.0588. The van der Waals surface area contributed by atoms with E-state index < -0.39 is 0 Å². The van der Waals surface area contributed by atoms with E-state index in [4.69, 9.17) is 5.11 Å². The summed E-state index contributed by atoms with van der Waals surface area (Å²) in [5.41, 5.74) is 3.05. The molecule has 0 aromatic carbocycles. The quantitative estimate of drug-likeness (QED) is 0.665. The third kappa shape index (κ3) is 4.82. The van der Waals surface area contributed by atoms with Gasteiger partial charge in [-0.2, -0.15) is 5.10 Å². The van der Waals surface area contributed by atoms with E-state index in [1.807, 2.05) is 34.6 Å². The number of carbonyl (C=O) groups excluding carboxylic acids is 1. The number of aliphatic hydroxyl groups is 1. The Morgan fingerprint density at radius 1 is 1.38 bits per heavy atom. The third-order valence-corrected chi connectivity index (χ3v) is 3.82. The molecule has 1 amide bonds. The van der Waals surface area contributed by atoms with E-state index in [0.29, 0.717) is 13.1 Å². The van der Waals surface area contributed by atoms with E-state index >= 15 is 0 Å². The summed E-state index contributed by atoms with van der Waals surface area (Å²) in [7, 11) is 0. The van der Waals surface area contributed by atoms with Crippen LogP contribution in [0, 0.1) is 13.8 Å². The highest BCUT2D eigenvalue weighted by molar-refractivity contribution is 5.81. The summed E-state index contributed by atoms with van der Waals surface area (Å²) in [5, 5.41) is 19.6. The van der Waals surface area contributed by atoms with Crippen molar-refractivity contribution in [2.24, 2.45) is 0 Å². The maximum absolute atomic E-state index is 12.0. The number of rotatable bonds is 8. The van der Waals surface area contributed by atoms with Crippen LogP contribution >= 0.6 is 0 Å². The van der Waals surface area contributed by atoms with Crippen molar-refractivity contribution in [3.63, 3.8) is 0 Å². The SMILES string of the molecule is CCC(C)NC(=O)C(C)NCc1c(C)nn(CCO)c1C. The first-order valence-electron chi connectivity index (χ1n) is 7.58. The van der Waals surface area contributed by atoms with Gasteiger partial charge in [-0.3, -0.25) is 9.48 Å². The molecule has 6 nitrogen and oxygen atoms in total. The molecule has 0 spiro atoms. The number of amides is 1. The van der Waals surface area contributed by atoms with Crippen LogP contribution in [0.2, 0.25) is 0 Å². The van der Waals surface area contributed by atoms with Gasteiger partial charge in [-0.1, -0.05) is 6.92 Å². The maximum Gasteiger partial charge on any atom is 0.237 e. The summed E-state index contributed by atoms with van der Waals surface area (Å²) in [4.78, 5) is 12.0. The topological polar surface area (TPSA) is 79.2 Å². The van der Waals surface area contributed by atoms with Crippen LogP contribution in [0.5, 0.6) is 0 Å². The molecular weight excluding hydrogens is 268 g/mol. The van der Waals surface area contributed by atoms with Gasteiger partial charge in [0.15, 0.2) is 0 Å². The van der Waals surface area contributed by atoms with E-state index in [1.54, 1.807) is 4.68 Å². The molecule has 0 radical (unpaired) electrons. The molecule has 120 valence electrons. The van der Waals surface area contributed by atoms with Crippen LogP contribution in [0.15, 0.2) is 0 Å². The van der Waals surface area contributed by atoms with Crippen molar-refractivity contribution < 1.29 is 9.90 Å². The van der Waals surface area contributed by atoms with Crippen LogP contribution in [-0.2, 0) is 17.9 Å². The van der Waals surface area contributed by atoms with Gasteiger partial charge in [0.25, 0.3) is 0 Å². The second kappa shape index (κ2) is 8.14. The van der Waals surface area contributed by atoms with E-state index in [2.05, 4.69) is 15.7 Å². The molecule has 1 heterocycles. The number of aryl methyl sites for hydroxylation is 1. The monoisotopic (exact) mass is 296 g/mol. The van der Waals surface area contributed by atoms with Crippen LogP contribution in [0.1, 0.15) is 44.1 Å². The highest BCUT2D eigenvalue weighted by Crippen LogP contribution is 2.12. The van der Waals surface area contributed by atoms with Crippen molar-refractivity contribution in [1.29, 1.82) is 0 Å². The maximum atomic E-state index is 12.0. The van der Waals surface area contributed by atoms with Crippen molar-refractivity contribution in [2.75, 3.05) is 6.61 Å². The van der Waals surface area contributed by atoms with E-state index in [9.17, 15) is 4.79 Å². The zero-order chi connectivity index (χ0) is 16.0. The van der Waals surface area contributed by atoms with E-state index in [1.165, 1.54) is 0 Å². The number of nitrogens with one attached hydrogen (secondary N) is 2. The lowest BCUT2D eigenvalue weighted by molar-refractivity contribution is -0.123. The fourth-order valence-electron chi connectivity index (χ4n) is 2.12. The number of hydrogen-bond acceptors (Lipinski definition) is 4. The number of aromatic nitrogens is 2. The van der Waals surface area contributed by atoms with Crippen LogP contribution < -0.4 is 10.6 Å². The molecule has 1 rings (SSSR count). The molecule has 6 heteroatoms. The van der Waals surface area contributed by atoms with Crippen LogP contribution in [0.3, 0.4) is 0 Å². The zero-order valence-electron chi connectivity index (χ0n) is 13.7. The molecule has 0 aliphatic rings. The number of hydrogen-bond donors (Lipinski definition) is 3. The molecule has 0 bridgehead atoms. The molecule has 0 fully saturated rings. The highest BCUT2D eigenvalue weighted by Gasteiger charge is 2.16. The summed E-state index contributed by atoms with van der Waals surface area (Å²) >= 11 is 0. The Hall–Kier alpha value is -1.40. The minimum atomic E-state index is -0.251. The van der Waals surface area contributed by atoms with E-state index in [0.717, 1.165) is 23.4 Å². The summed E-state index contributed by atoms with van der Waals surface area (Å²) in [6.45, 7) is 11.0. The van der Waals surface area contributed by atoms with Crippen molar-refractivity contribution in [3.05, 3.63) is 17.0 Å². The van der Waals surface area contributed by atoms with Gasteiger partial charge in [0.05, 0.1) is 24.9 Å². The Kier molecular flexibility index (Phi) is 6.84. The molecular formula is C15H28N4O2. The highest BCUT2D eigenvalue weighted by atomic mass is 16.3. The molecule has 0 aliphatic carbocycles. The lowest BCUT2D eigenvalue weighted by atomic mass is 10.1. The minimum Gasteiger partial charge on any atom is -0.394 e. The smallest absolute Gasteiger partial charge is 0.237 e. The molecule has 0 saturated heterocycles. The second-order valence-electron chi connectivity index (χ2n) is 5.52. The van der Waals surface area contributed by atoms with Crippen molar-refractivity contribution in [3.8, 4) is 0 Å². The molecule has 0 saturated carbocycles. The normalized spacial score (nSPS) is 14.0. The predicted molar refractivity (Wildman–Crippen MR) is 83.0 cm³/mol. The number of nitrogens with zero attached hydrogens (tertiary/aromatic N) is 2. The van der Waals surface area contributed by atoms with Gasteiger partial charge < -0.3 is 15.7 Å². The predicted octanol–water partition coefficient (Wildman–Crippen LogP) is 0.885. The molecule has 21 heavy (non-hydrogen) atoms. The fourth-order valence-corrected chi connectivity index (χ4v) is 2.12. The zero-order valence-corrected chi connectivity index (χ0v) is 13.7. The molecule has 1 aromatic rings. The van der Waals surface area contributed by atoms with Gasteiger partial charge in [0, 0.05) is 23.8 Å². The average molecular weight is 296 g/mol. The Balaban J connectivity index is 2.60. The molecule has 0 aliphatic heterocycles. The van der Waals surface area contributed by atoms with Crippen LogP contribution in [0.4, 0.5) is 0 Å². The summed E-state index contributed by atoms with van der Waals surface area (Å²) in [6.07, 6.45) is 0.921. The largest absolute Gasteiger partial charge is 0.394 e. The number of carbonyl (C=O) groups is 1. The van der Waals surface area contributed by atoms with E-state index in [-0.39, 0.29) is 24.6 Å². The summed E-state index contributed by atoms with van der Waals surface area (Å²) < 4.78 is 1.80. The van der Waals surface area contributed by atoms with Gasteiger partial charge in [-0.15, -0.1) is 0 Å². The lowest BCUT2D eigenvalue weighted by Crippen LogP contribution is -2.45. The minimum absolute atomic E-state index is 0.0161. The van der Waals surface area contributed by atoms with Crippen molar-refractivity contribution in [2.45, 2.75) is 66.2 Å². The van der Waals surface area contributed by atoms with Crippen molar-refractivity contribution in [1.82, 2.24) is 20.4 Å². The molecule has 2 atom stereocenters. The lowest BCUT2D eigenvalue weighted by Gasteiger charge is -2.17. The number of aliphatic hydroxyl groups excluding tert-OH is 1. The second-order valence-corrected chi connectivity index (χ2v) is 5.52. The van der Waals surface area contributed by atoms with Crippen molar-refractivity contribution >= 4 is 5.91 Å². The first-order valence-corrected chi connectivity index (χ1v) is 7.58. The van der Waals surface area contributed by atoms with Gasteiger partial charge in [-0.25, -0.2) is 0 Å². The van der Waals surface area contributed by atoms with Gasteiger partial charge in [0.1, 0.15) is 0 Å². The molecule has 2 unspecified atom stereocenters. The average Bonchev–Trinajstić information content (AvgIpc) is 2.71. The first kappa shape index (κ1) is 17.7. The van der Waals surface area contributed by atoms with Gasteiger partial charge in [0.2, 0.25) is 5.91 Å². The Labute approximate surface area is 126 Å². The Bertz CT molecular complexity index is 470. The first-order chi connectivity index (χ1) is 9.90. The Morgan fingerprint density at radius 2 is 2.05 bits per heavy atom. The van der Waals surface area contributed by atoms with Gasteiger partial charge >= 0.3 is 0 Å². The van der Waals surface area contributed by atoms with Crippen LogP contribution in [0.25, 0.3) is 0 Å².